The lowest BCUT2D eigenvalue weighted by Crippen LogP contribution is -2.29. The standard InChI is InChI=1S/C22H18FN5O/c1-27(18-5-3-4-12-25-18)22(29)21-19(15-10-13-24-14-11-15)20(26-28(21)2)16-6-8-17(23)9-7-16/h3-14H,1-2H3. The normalized spacial score (nSPS) is 10.7. The molecule has 0 atom stereocenters. The number of rotatable bonds is 4. The summed E-state index contributed by atoms with van der Waals surface area (Å²) in [6, 6.07) is 15.1. The van der Waals surface area contributed by atoms with Crippen molar-refractivity contribution in [2.24, 2.45) is 7.05 Å². The lowest BCUT2D eigenvalue weighted by Gasteiger charge is -2.17. The van der Waals surface area contributed by atoms with Crippen LogP contribution in [0.3, 0.4) is 0 Å². The highest BCUT2D eigenvalue weighted by molar-refractivity contribution is 6.10. The first-order valence-electron chi connectivity index (χ1n) is 8.98. The number of anilines is 1. The van der Waals surface area contributed by atoms with Crippen LogP contribution >= 0.6 is 0 Å². The monoisotopic (exact) mass is 387 g/mol. The molecule has 1 aromatic carbocycles. The van der Waals surface area contributed by atoms with E-state index in [0.717, 1.165) is 5.56 Å². The summed E-state index contributed by atoms with van der Waals surface area (Å²) in [7, 11) is 3.39. The SMILES string of the molecule is CN(C(=O)c1c(-c2ccncc2)c(-c2ccc(F)cc2)nn1C)c1ccccn1. The topological polar surface area (TPSA) is 63.9 Å². The first kappa shape index (κ1) is 18.5. The summed E-state index contributed by atoms with van der Waals surface area (Å²) < 4.78 is 15.0. The second kappa shape index (κ2) is 7.63. The molecule has 3 aromatic heterocycles. The van der Waals surface area contributed by atoms with E-state index >= 15 is 0 Å². The van der Waals surface area contributed by atoms with Crippen LogP contribution in [0.2, 0.25) is 0 Å². The molecule has 0 aliphatic heterocycles. The van der Waals surface area contributed by atoms with Gasteiger partial charge in [0, 0.05) is 43.8 Å². The van der Waals surface area contributed by atoms with Gasteiger partial charge in [-0.25, -0.2) is 9.37 Å². The number of carbonyl (C=O) groups is 1. The number of nitrogens with zero attached hydrogens (tertiary/aromatic N) is 5. The summed E-state index contributed by atoms with van der Waals surface area (Å²) in [5.74, 6) is -0.0529. The van der Waals surface area contributed by atoms with Crippen molar-refractivity contribution < 1.29 is 9.18 Å². The largest absolute Gasteiger partial charge is 0.294 e. The molecule has 0 saturated heterocycles. The van der Waals surface area contributed by atoms with Gasteiger partial charge in [-0.1, -0.05) is 6.07 Å². The summed E-state index contributed by atoms with van der Waals surface area (Å²) in [6.07, 6.45) is 4.96. The highest BCUT2D eigenvalue weighted by Gasteiger charge is 2.27. The zero-order chi connectivity index (χ0) is 20.4. The maximum atomic E-state index is 13.4. The van der Waals surface area contributed by atoms with Crippen molar-refractivity contribution in [1.29, 1.82) is 0 Å². The zero-order valence-electron chi connectivity index (χ0n) is 16.0. The molecule has 0 fully saturated rings. The molecular weight excluding hydrogens is 369 g/mol. The smallest absolute Gasteiger partial charge is 0.278 e. The minimum Gasteiger partial charge on any atom is -0.294 e. The van der Waals surface area contributed by atoms with Gasteiger partial charge in [-0.15, -0.1) is 0 Å². The van der Waals surface area contributed by atoms with E-state index < -0.39 is 0 Å². The van der Waals surface area contributed by atoms with Gasteiger partial charge in [-0.3, -0.25) is 19.4 Å². The Hall–Kier alpha value is -3.87. The van der Waals surface area contributed by atoms with Gasteiger partial charge >= 0.3 is 0 Å². The van der Waals surface area contributed by atoms with Crippen molar-refractivity contribution in [3.63, 3.8) is 0 Å². The fraction of sp³-hybridized carbons (Fsp3) is 0.0909. The molecule has 0 aliphatic carbocycles. The fourth-order valence-corrected chi connectivity index (χ4v) is 3.19. The predicted molar refractivity (Wildman–Crippen MR) is 109 cm³/mol. The second-order valence-electron chi connectivity index (χ2n) is 6.49. The summed E-state index contributed by atoms with van der Waals surface area (Å²) >= 11 is 0. The van der Waals surface area contributed by atoms with Gasteiger partial charge in [0.1, 0.15) is 23.0 Å². The molecule has 144 valence electrons. The summed E-state index contributed by atoms with van der Waals surface area (Å²) in [4.78, 5) is 23.2. The van der Waals surface area contributed by atoms with Gasteiger partial charge in [-0.2, -0.15) is 5.10 Å². The number of amides is 1. The Morgan fingerprint density at radius 1 is 0.966 bits per heavy atom. The Kier molecular flexibility index (Phi) is 4.87. The summed E-state index contributed by atoms with van der Waals surface area (Å²) in [5, 5.41) is 4.59. The molecule has 0 bridgehead atoms. The molecule has 4 rings (SSSR count). The first-order chi connectivity index (χ1) is 14.1. The van der Waals surface area contributed by atoms with E-state index in [9.17, 15) is 9.18 Å². The third-order valence-corrected chi connectivity index (χ3v) is 4.63. The molecule has 0 unspecified atom stereocenters. The van der Waals surface area contributed by atoms with Gasteiger partial charge in [0.05, 0.1) is 0 Å². The highest BCUT2D eigenvalue weighted by atomic mass is 19.1. The van der Waals surface area contributed by atoms with Gasteiger partial charge in [0.25, 0.3) is 5.91 Å². The number of hydrogen-bond donors (Lipinski definition) is 0. The van der Waals surface area contributed by atoms with Crippen LogP contribution in [-0.4, -0.2) is 32.7 Å². The van der Waals surface area contributed by atoms with Crippen LogP contribution in [0.4, 0.5) is 10.2 Å². The van der Waals surface area contributed by atoms with Gasteiger partial charge in [0.2, 0.25) is 0 Å². The van der Waals surface area contributed by atoms with Gasteiger partial charge in [0.15, 0.2) is 0 Å². The molecular formula is C22H18FN5O. The molecule has 0 radical (unpaired) electrons. The van der Waals surface area contributed by atoms with Crippen molar-refractivity contribution >= 4 is 11.7 Å². The van der Waals surface area contributed by atoms with Gasteiger partial charge in [-0.05, 0) is 54.1 Å². The Morgan fingerprint density at radius 3 is 2.34 bits per heavy atom. The Labute approximate surface area is 167 Å². The van der Waals surface area contributed by atoms with Crippen LogP contribution in [-0.2, 0) is 7.05 Å². The number of aromatic nitrogens is 4. The van der Waals surface area contributed by atoms with E-state index in [4.69, 9.17) is 0 Å². The van der Waals surface area contributed by atoms with E-state index in [1.54, 1.807) is 61.6 Å². The van der Waals surface area contributed by atoms with Crippen LogP contribution in [0, 0.1) is 5.82 Å². The van der Waals surface area contributed by atoms with Crippen LogP contribution in [0.15, 0.2) is 73.2 Å². The molecule has 3 heterocycles. The van der Waals surface area contributed by atoms with Gasteiger partial charge < -0.3 is 0 Å². The third kappa shape index (κ3) is 3.50. The highest BCUT2D eigenvalue weighted by Crippen LogP contribution is 2.35. The number of carbonyl (C=O) groups excluding carboxylic acids is 1. The minimum absolute atomic E-state index is 0.251. The maximum Gasteiger partial charge on any atom is 0.278 e. The molecule has 29 heavy (non-hydrogen) atoms. The van der Waals surface area contributed by atoms with E-state index in [0.29, 0.717) is 28.3 Å². The van der Waals surface area contributed by atoms with Crippen LogP contribution in [0.1, 0.15) is 10.5 Å². The molecule has 7 heteroatoms. The van der Waals surface area contributed by atoms with Crippen molar-refractivity contribution in [2.75, 3.05) is 11.9 Å². The van der Waals surface area contributed by atoms with Crippen molar-refractivity contribution in [2.45, 2.75) is 0 Å². The Bertz CT molecular complexity index is 1140. The zero-order valence-corrected chi connectivity index (χ0v) is 16.0. The molecule has 0 saturated carbocycles. The Balaban J connectivity index is 1.90. The number of halogens is 1. The van der Waals surface area contributed by atoms with Crippen LogP contribution in [0.5, 0.6) is 0 Å². The van der Waals surface area contributed by atoms with E-state index in [2.05, 4.69) is 15.1 Å². The van der Waals surface area contributed by atoms with Crippen LogP contribution in [0.25, 0.3) is 22.4 Å². The lowest BCUT2D eigenvalue weighted by molar-refractivity contribution is 0.0984. The minimum atomic E-state index is -0.332. The number of benzene rings is 1. The quantitative estimate of drug-likeness (QED) is 0.532. The summed E-state index contributed by atoms with van der Waals surface area (Å²) in [6.45, 7) is 0. The molecule has 0 N–H and O–H groups in total. The Morgan fingerprint density at radius 2 is 1.69 bits per heavy atom. The number of pyridine rings is 2. The first-order valence-corrected chi connectivity index (χ1v) is 8.98. The average molecular weight is 387 g/mol. The maximum absolute atomic E-state index is 13.4. The van der Waals surface area contributed by atoms with E-state index in [1.807, 2.05) is 18.2 Å². The lowest BCUT2D eigenvalue weighted by atomic mass is 9.99. The average Bonchev–Trinajstić information content (AvgIpc) is 3.11. The van der Waals surface area contributed by atoms with Crippen molar-refractivity contribution in [3.05, 3.63) is 84.7 Å². The van der Waals surface area contributed by atoms with Crippen molar-refractivity contribution in [1.82, 2.24) is 19.7 Å². The van der Waals surface area contributed by atoms with Crippen LogP contribution < -0.4 is 4.90 Å². The van der Waals surface area contributed by atoms with Crippen molar-refractivity contribution in [3.8, 4) is 22.4 Å². The fourth-order valence-electron chi connectivity index (χ4n) is 3.19. The summed E-state index contributed by atoms with van der Waals surface area (Å²) in [5.41, 5.74) is 3.17. The molecule has 0 spiro atoms. The number of hydrogen-bond acceptors (Lipinski definition) is 4. The van der Waals surface area contributed by atoms with E-state index in [-0.39, 0.29) is 11.7 Å². The van der Waals surface area contributed by atoms with E-state index in [1.165, 1.54) is 17.0 Å². The molecule has 0 aliphatic rings. The number of aryl methyl sites for hydroxylation is 1. The third-order valence-electron chi connectivity index (χ3n) is 4.63. The predicted octanol–water partition coefficient (Wildman–Crippen LogP) is 3.96. The molecule has 4 aromatic rings. The molecule has 1 amide bonds. The molecule has 6 nitrogen and oxygen atoms in total. The second-order valence-corrected chi connectivity index (χ2v) is 6.49.